The molecule has 0 aromatic carbocycles. The molecule has 18 heavy (non-hydrogen) atoms. The molecule has 0 aliphatic heterocycles. The standard InChI is InChI=1S/C14H21N3O/c1-2-14(7-3-4-8-14)10-17-13-11(12(15)18)6-5-9-16-13/h5-6,9H,2-4,7-8,10H2,1H3,(H2,15,18)(H,16,17). The molecular weight excluding hydrogens is 226 g/mol. The average molecular weight is 247 g/mol. The van der Waals surface area contributed by atoms with Gasteiger partial charge in [0.15, 0.2) is 0 Å². The summed E-state index contributed by atoms with van der Waals surface area (Å²) in [6.45, 7) is 3.11. The van der Waals surface area contributed by atoms with Gasteiger partial charge in [-0.3, -0.25) is 4.79 Å². The smallest absolute Gasteiger partial charge is 0.252 e. The second-order valence-corrected chi connectivity index (χ2v) is 5.18. The van der Waals surface area contributed by atoms with Gasteiger partial charge >= 0.3 is 0 Å². The van der Waals surface area contributed by atoms with Gasteiger partial charge in [0, 0.05) is 12.7 Å². The van der Waals surface area contributed by atoms with E-state index in [0.29, 0.717) is 16.8 Å². The maximum absolute atomic E-state index is 11.3. The number of hydrogen-bond acceptors (Lipinski definition) is 3. The lowest BCUT2D eigenvalue weighted by molar-refractivity contribution is 0.100. The Hall–Kier alpha value is -1.58. The van der Waals surface area contributed by atoms with Gasteiger partial charge < -0.3 is 11.1 Å². The van der Waals surface area contributed by atoms with Gasteiger partial charge in [0.1, 0.15) is 5.82 Å². The van der Waals surface area contributed by atoms with Crippen LogP contribution in [0.3, 0.4) is 0 Å². The van der Waals surface area contributed by atoms with Crippen molar-refractivity contribution in [1.82, 2.24) is 4.98 Å². The van der Waals surface area contributed by atoms with Crippen LogP contribution in [0.1, 0.15) is 49.4 Å². The third-order valence-corrected chi connectivity index (χ3v) is 4.12. The summed E-state index contributed by atoms with van der Waals surface area (Å²) in [6, 6.07) is 3.45. The largest absolute Gasteiger partial charge is 0.369 e. The Balaban J connectivity index is 2.08. The van der Waals surface area contributed by atoms with Crippen LogP contribution in [0.5, 0.6) is 0 Å². The molecule has 1 heterocycles. The second kappa shape index (κ2) is 5.38. The Morgan fingerprint density at radius 2 is 2.22 bits per heavy atom. The lowest BCUT2D eigenvalue weighted by Crippen LogP contribution is -2.27. The summed E-state index contributed by atoms with van der Waals surface area (Å²) >= 11 is 0. The zero-order valence-electron chi connectivity index (χ0n) is 10.9. The highest BCUT2D eigenvalue weighted by atomic mass is 16.1. The Labute approximate surface area is 108 Å². The quantitative estimate of drug-likeness (QED) is 0.840. The minimum absolute atomic E-state index is 0.367. The number of nitrogens with two attached hydrogens (primary N) is 1. The van der Waals surface area contributed by atoms with Crippen molar-refractivity contribution >= 4 is 11.7 Å². The number of nitrogens with one attached hydrogen (secondary N) is 1. The first-order valence-corrected chi connectivity index (χ1v) is 6.65. The molecule has 0 radical (unpaired) electrons. The van der Waals surface area contributed by atoms with Gasteiger partial charge in [-0.1, -0.05) is 19.8 Å². The molecule has 3 N–H and O–H groups in total. The van der Waals surface area contributed by atoms with E-state index in [1.165, 1.54) is 32.1 Å². The molecule has 1 aromatic heterocycles. The van der Waals surface area contributed by atoms with Gasteiger partial charge in [-0.05, 0) is 36.8 Å². The van der Waals surface area contributed by atoms with Crippen molar-refractivity contribution in [3.05, 3.63) is 23.9 Å². The fraction of sp³-hybridized carbons (Fsp3) is 0.571. The van der Waals surface area contributed by atoms with E-state index in [-0.39, 0.29) is 0 Å². The van der Waals surface area contributed by atoms with Crippen molar-refractivity contribution in [3.8, 4) is 0 Å². The minimum atomic E-state index is -0.428. The van der Waals surface area contributed by atoms with Crippen LogP contribution < -0.4 is 11.1 Å². The summed E-state index contributed by atoms with van der Waals surface area (Å²) < 4.78 is 0. The molecule has 1 saturated carbocycles. The molecule has 1 aliphatic carbocycles. The molecule has 4 nitrogen and oxygen atoms in total. The number of hydrogen-bond donors (Lipinski definition) is 2. The third-order valence-electron chi connectivity index (χ3n) is 4.12. The Kier molecular flexibility index (Phi) is 3.84. The molecular formula is C14H21N3O. The van der Waals surface area contributed by atoms with Crippen molar-refractivity contribution in [2.24, 2.45) is 11.1 Å². The van der Waals surface area contributed by atoms with E-state index in [1.807, 2.05) is 0 Å². The number of rotatable bonds is 5. The zero-order chi connectivity index (χ0) is 13.0. The number of carbonyl (C=O) groups is 1. The molecule has 4 heteroatoms. The number of carbonyl (C=O) groups excluding carboxylic acids is 1. The predicted octanol–water partition coefficient (Wildman–Crippen LogP) is 2.56. The highest BCUT2D eigenvalue weighted by molar-refractivity contribution is 5.97. The van der Waals surface area contributed by atoms with E-state index >= 15 is 0 Å². The van der Waals surface area contributed by atoms with Crippen molar-refractivity contribution in [2.75, 3.05) is 11.9 Å². The first-order valence-electron chi connectivity index (χ1n) is 6.65. The van der Waals surface area contributed by atoms with Gasteiger partial charge in [-0.2, -0.15) is 0 Å². The van der Waals surface area contributed by atoms with E-state index in [2.05, 4.69) is 17.2 Å². The average Bonchev–Trinajstić information content (AvgIpc) is 2.86. The predicted molar refractivity (Wildman–Crippen MR) is 72.4 cm³/mol. The maximum Gasteiger partial charge on any atom is 0.252 e. The summed E-state index contributed by atoms with van der Waals surface area (Å²) in [6.07, 6.45) is 7.98. The van der Waals surface area contributed by atoms with Crippen LogP contribution in [0.4, 0.5) is 5.82 Å². The van der Waals surface area contributed by atoms with E-state index < -0.39 is 5.91 Å². The lowest BCUT2D eigenvalue weighted by Gasteiger charge is -2.28. The Morgan fingerprint density at radius 3 is 2.83 bits per heavy atom. The van der Waals surface area contributed by atoms with Crippen molar-refractivity contribution in [2.45, 2.75) is 39.0 Å². The number of aromatic nitrogens is 1. The first kappa shape index (κ1) is 12.9. The number of anilines is 1. The molecule has 1 fully saturated rings. The van der Waals surface area contributed by atoms with Crippen LogP contribution in [0.15, 0.2) is 18.3 Å². The second-order valence-electron chi connectivity index (χ2n) is 5.18. The minimum Gasteiger partial charge on any atom is -0.369 e. The van der Waals surface area contributed by atoms with Crippen LogP contribution in [0.2, 0.25) is 0 Å². The summed E-state index contributed by atoms with van der Waals surface area (Å²) in [4.78, 5) is 15.5. The summed E-state index contributed by atoms with van der Waals surface area (Å²) in [5, 5.41) is 3.32. The molecule has 98 valence electrons. The number of nitrogens with zero attached hydrogens (tertiary/aromatic N) is 1. The molecule has 1 aromatic rings. The molecule has 1 amide bonds. The highest BCUT2D eigenvalue weighted by Gasteiger charge is 2.31. The topological polar surface area (TPSA) is 68.0 Å². The summed E-state index contributed by atoms with van der Waals surface area (Å²) in [7, 11) is 0. The molecule has 0 spiro atoms. The van der Waals surface area contributed by atoms with Crippen LogP contribution >= 0.6 is 0 Å². The zero-order valence-corrected chi connectivity index (χ0v) is 10.9. The van der Waals surface area contributed by atoms with E-state index in [1.54, 1.807) is 18.3 Å². The van der Waals surface area contributed by atoms with Crippen LogP contribution in [0, 0.1) is 5.41 Å². The molecule has 0 unspecified atom stereocenters. The third kappa shape index (κ3) is 2.63. The van der Waals surface area contributed by atoms with Crippen molar-refractivity contribution < 1.29 is 4.79 Å². The monoisotopic (exact) mass is 247 g/mol. The van der Waals surface area contributed by atoms with E-state index in [4.69, 9.17) is 5.73 Å². The Morgan fingerprint density at radius 1 is 1.50 bits per heavy atom. The SMILES string of the molecule is CCC1(CNc2ncccc2C(N)=O)CCCC1. The van der Waals surface area contributed by atoms with Gasteiger partial charge in [0.25, 0.3) is 5.91 Å². The van der Waals surface area contributed by atoms with Crippen molar-refractivity contribution in [3.63, 3.8) is 0 Å². The van der Waals surface area contributed by atoms with Crippen molar-refractivity contribution in [1.29, 1.82) is 0 Å². The normalized spacial score (nSPS) is 17.6. The summed E-state index contributed by atoms with van der Waals surface area (Å²) in [5.74, 6) is 0.187. The number of primary amides is 1. The first-order chi connectivity index (χ1) is 8.67. The molecule has 1 aliphatic rings. The van der Waals surface area contributed by atoms with Crippen LogP contribution in [0.25, 0.3) is 0 Å². The van der Waals surface area contributed by atoms with Gasteiger partial charge in [0.05, 0.1) is 5.56 Å². The number of amides is 1. The van der Waals surface area contributed by atoms with Gasteiger partial charge in [0.2, 0.25) is 0 Å². The van der Waals surface area contributed by atoms with E-state index in [0.717, 1.165) is 6.54 Å². The number of pyridine rings is 1. The van der Waals surface area contributed by atoms with Gasteiger partial charge in [-0.25, -0.2) is 4.98 Å². The van der Waals surface area contributed by atoms with Crippen LogP contribution in [-0.2, 0) is 0 Å². The van der Waals surface area contributed by atoms with Crippen LogP contribution in [-0.4, -0.2) is 17.4 Å². The van der Waals surface area contributed by atoms with E-state index in [9.17, 15) is 4.79 Å². The highest BCUT2D eigenvalue weighted by Crippen LogP contribution is 2.40. The van der Waals surface area contributed by atoms with Gasteiger partial charge in [-0.15, -0.1) is 0 Å². The Bertz CT molecular complexity index is 425. The molecule has 0 bridgehead atoms. The lowest BCUT2D eigenvalue weighted by atomic mass is 9.83. The molecule has 2 rings (SSSR count). The summed E-state index contributed by atoms with van der Waals surface area (Å²) in [5.41, 5.74) is 6.19. The fourth-order valence-electron chi connectivity index (χ4n) is 2.80. The fourth-order valence-corrected chi connectivity index (χ4v) is 2.80. The molecule has 0 atom stereocenters. The molecule has 0 saturated heterocycles. The maximum atomic E-state index is 11.3.